The predicted octanol–water partition coefficient (Wildman–Crippen LogP) is 4.13. The lowest BCUT2D eigenvalue weighted by atomic mass is 10.1. The highest BCUT2D eigenvalue weighted by Crippen LogP contribution is 2.35. The second-order valence-electron chi connectivity index (χ2n) is 5.66. The normalized spacial score (nSPS) is 17.0. The van der Waals surface area contributed by atoms with Gasteiger partial charge >= 0.3 is 0 Å². The summed E-state index contributed by atoms with van der Waals surface area (Å²) < 4.78 is 1.00. The number of benzene rings is 1. The molecule has 1 N–H and O–H groups in total. The van der Waals surface area contributed by atoms with Crippen molar-refractivity contribution in [2.24, 2.45) is 5.92 Å². The third-order valence-electron chi connectivity index (χ3n) is 3.32. The molecule has 1 aliphatic rings. The van der Waals surface area contributed by atoms with Crippen LogP contribution in [0.25, 0.3) is 0 Å². The molecule has 1 atom stereocenters. The Kier molecular flexibility index (Phi) is 4.33. The molecule has 0 aliphatic heterocycles. The quantitative estimate of drug-likeness (QED) is 0.884. The number of hydrogen-bond acceptors (Lipinski definition) is 2. The molecule has 1 aromatic rings. The summed E-state index contributed by atoms with van der Waals surface area (Å²) in [5.74, 6) is 0.667. The molecule has 0 radical (unpaired) electrons. The smallest absolute Gasteiger partial charge is 0.0772 e. The number of halogens is 1. The Morgan fingerprint density at radius 3 is 2.44 bits per heavy atom. The van der Waals surface area contributed by atoms with Crippen molar-refractivity contribution in [1.82, 2.24) is 0 Å². The van der Waals surface area contributed by atoms with Crippen LogP contribution in [-0.4, -0.2) is 17.7 Å². The van der Waals surface area contributed by atoms with Gasteiger partial charge in [0.25, 0.3) is 0 Å². The van der Waals surface area contributed by atoms with E-state index in [0.717, 1.165) is 22.6 Å². The maximum atomic E-state index is 9.66. The Hall–Kier alpha value is -0.540. The fraction of sp³-hybridized carbons (Fsp3) is 0.600. The minimum atomic E-state index is -0.423. The van der Waals surface area contributed by atoms with Gasteiger partial charge in [0, 0.05) is 22.7 Å². The van der Waals surface area contributed by atoms with Crippen LogP contribution in [0.5, 0.6) is 0 Å². The standard InChI is InChI=1S/C15H22BrNO/c1-10(2)9-17(12-4-5-12)13-6-7-14(11(3)18)15(16)8-13/h6-8,10-12,18H,4-5,9H2,1-3H3/t11-/m1/s1. The Bertz CT molecular complexity index is 413. The van der Waals surface area contributed by atoms with Gasteiger partial charge in [-0.05, 0) is 43.4 Å². The zero-order valence-electron chi connectivity index (χ0n) is 11.4. The summed E-state index contributed by atoms with van der Waals surface area (Å²) in [6.07, 6.45) is 2.19. The monoisotopic (exact) mass is 311 g/mol. The number of hydrogen-bond donors (Lipinski definition) is 1. The van der Waals surface area contributed by atoms with Crippen LogP contribution < -0.4 is 4.90 Å². The van der Waals surface area contributed by atoms with E-state index in [2.05, 4.69) is 46.8 Å². The SMILES string of the molecule is CC(C)CN(c1ccc([C@@H](C)O)c(Br)c1)C1CC1. The van der Waals surface area contributed by atoms with Crippen LogP contribution in [0.1, 0.15) is 45.3 Å². The molecule has 0 saturated heterocycles. The van der Waals surface area contributed by atoms with Gasteiger partial charge in [0.2, 0.25) is 0 Å². The number of rotatable bonds is 5. The summed E-state index contributed by atoms with van der Waals surface area (Å²) in [6, 6.07) is 7.02. The third kappa shape index (κ3) is 3.27. The van der Waals surface area contributed by atoms with Crippen molar-refractivity contribution in [3.8, 4) is 0 Å². The highest BCUT2D eigenvalue weighted by molar-refractivity contribution is 9.10. The second-order valence-corrected chi connectivity index (χ2v) is 6.51. The first-order valence-corrected chi connectivity index (χ1v) is 7.52. The summed E-state index contributed by atoms with van der Waals surface area (Å²) in [6.45, 7) is 7.42. The average Bonchev–Trinajstić information content (AvgIpc) is 3.08. The van der Waals surface area contributed by atoms with E-state index in [1.54, 1.807) is 6.92 Å². The average molecular weight is 312 g/mol. The molecule has 0 aromatic heterocycles. The first-order valence-electron chi connectivity index (χ1n) is 6.73. The van der Waals surface area contributed by atoms with Crippen molar-refractivity contribution in [2.75, 3.05) is 11.4 Å². The number of aliphatic hydroxyl groups is 1. The van der Waals surface area contributed by atoms with Crippen LogP contribution in [0.3, 0.4) is 0 Å². The highest BCUT2D eigenvalue weighted by atomic mass is 79.9. The van der Waals surface area contributed by atoms with Gasteiger partial charge in [0.05, 0.1) is 6.10 Å². The molecule has 0 bridgehead atoms. The van der Waals surface area contributed by atoms with Gasteiger partial charge in [0.15, 0.2) is 0 Å². The summed E-state index contributed by atoms with van der Waals surface area (Å²) in [5.41, 5.74) is 2.22. The largest absolute Gasteiger partial charge is 0.389 e. The van der Waals surface area contributed by atoms with Crippen molar-refractivity contribution in [1.29, 1.82) is 0 Å². The molecule has 0 unspecified atom stereocenters. The molecular weight excluding hydrogens is 290 g/mol. The first kappa shape index (κ1) is 13.9. The van der Waals surface area contributed by atoms with E-state index in [0.29, 0.717) is 5.92 Å². The maximum Gasteiger partial charge on any atom is 0.0772 e. The molecule has 100 valence electrons. The molecule has 18 heavy (non-hydrogen) atoms. The number of anilines is 1. The van der Waals surface area contributed by atoms with E-state index in [4.69, 9.17) is 0 Å². The van der Waals surface area contributed by atoms with Crippen molar-refractivity contribution in [2.45, 2.75) is 45.8 Å². The third-order valence-corrected chi connectivity index (χ3v) is 4.00. The van der Waals surface area contributed by atoms with Crippen LogP contribution in [-0.2, 0) is 0 Å². The molecule has 1 fully saturated rings. The number of aliphatic hydroxyl groups excluding tert-OH is 1. The van der Waals surface area contributed by atoms with E-state index < -0.39 is 6.10 Å². The van der Waals surface area contributed by atoms with Gasteiger partial charge < -0.3 is 10.0 Å². The van der Waals surface area contributed by atoms with Gasteiger partial charge in [-0.15, -0.1) is 0 Å². The molecule has 0 heterocycles. The van der Waals surface area contributed by atoms with Crippen molar-refractivity contribution < 1.29 is 5.11 Å². The van der Waals surface area contributed by atoms with Crippen LogP contribution in [0.2, 0.25) is 0 Å². The van der Waals surface area contributed by atoms with E-state index in [-0.39, 0.29) is 0 Å². The second kappa shape index (κ2) is 5.62. The van der Waals surface area contributed by atoms with E-state index >= 15 is 0 Å². The fourth-order valence-electron chi connectivity index (χ4n) is 2.28. The molecule has 3 heteroatoms. The summed E-state index contributed by atoms with van der Waals surface area (Å²) in [7, 11) is 0. The van der Waals surface area contributed by atoms with Gasteiger partial charge in [-0.1, -0.05) is 35.8 Å². The van der Waals surface area contributed by atoms with Crippen LogP contribution in [0.4, 0.5) is 5.69 Å². The molecule has 0 spiro atoms. The lowest BCUT2D eigenvalue weighted by molar-refractivity contribution is 0.198. The minimum Gasteiger partial charge on any atom is -0.389 e. The van der Waals surface area contributed by atoms with Crippen molar-refractivity contribution >= 4 is 21.6 Å². The fourth-order valence-corrected chi connectivity index (χ4v) is 2.98. The predicted molar refractivity (Wildman–Crippen MR) is 80.0 cm³/mol. The van der Waals surface area contributed by atoms with E-state index in [1.165, 1.54) is 18.5 Å². The summed E-state index contributed by atoms with van der Waals surface area (Å²) in [5, 5.41) is 9.66. The lowest BCUT2D eigenvalue weighted by Gasteiger charge is -2.27. The molecule has 0 amide bonds. The Morgan fingerprint density at radius 1 is 1.33 bits per heavy atom. The highest BCUT2D eigenvalue weighted by Gasteiger charge is 2.29. The topological polar surface area (TPSA) is 23.5 Å². The first-order chi connectivity index (χ1) is 8.49. The van der Waals surface area contributed by atoms with Gasteiger partial charge in [-0.3, -0.25) is 0 Å². The minimum absolute atomic E-state index is 0.423. The van der Waals surface area contributed by atoms with Crippen LogP contribution in [0, 0.1) is 5.92 Å². The molecule has 1 aliphatic carbocycles. The van der Waals surface area contributed by atoms with E-state index in [9.17, 15) is 5.11 Å². The molecule has 2 rings (SSSR count). The maximum absolute atomic E-state index is 9.66. The van der Waals surface area contributed by atoms with Crippen LogP contribution >= 0.6 is 15.9 Å². The Morgan fingerprint density at radius 2 is 2.00 bits per heavy atom. The summed E-state index contributed by atoms with van der Waals surface area (Å²) in [4.78, 5) is 2.50. The summed E-state index contributed by atoms with van der Waals surface area (Å²) >= 11 is 3.57. The number of nitrogens with zero attached hydrogens (tertiary/aromatic N) is 1. The van der Waals surface area contributed by atoms with Gasteiger partial charge in [0.1, 0.15) is 0 Å². The van der Waals surface area contributed by atoms with Crippen molar-refractivity contribution in [3.05, 3.63) is 28.2 Å². The molecule has 1 saturated carbocycles. The lowest BCUT2D eigenvalue weighted by Crippen LogP contribution is -2.29. The molecule has 1 aromatic carbocycles. The van der Waals surface area contributed by atoms with Crippen LogP contribution in [0.15, 0.2) is 22.7 Å². The Balaban J connectivity index is 2.22. The van der Waals surface area contributed by atoms with Gasteiger partial charge in [-0.25, -0.2) is 0 Å². The zero-order valence-corrected chi connectivity index (χ0v) is 12.9. The van der Waals surface area contributed by atoms with Crippen molar-refractivity contribution in [3.63, 3.8) is 0 Å². The zero-order chi connectivity index (χ0) is 13.3. The molecule has 2 nitrogen and oxygen atoms in total. The van der Waals surface area contributed by atoms with Gasteiger partial charge in [-0.2, -0.15) is 0 Å². The molecular formula is C15H22BrNO. The Labute approximate surface area is 118 Å². The van der Waals surface area contributed by atoms with E-state index in [1.807, 2.05) is 6.07 Å².